The van der Waals surface area contributed by atoms with Crippen LogP contribution in [0.2, 0.25) is 0 Å². The van der Waals surface area contributed by atoms with Crippen molar-refractivity contribution in [3.05, 3.63) is 52.5 Å². The van der Waals surface area contributed by atoms with Crippen LogP contribution in [0.4, 0.5) is 10.1 Å². The van der Waals surface area contributed by atoms with Gasteiger partial charge in [-0.1, -0.05) is 13.8 Å². The summed E-state index contributed by atoms with van der Waals surface area (Å²) in [5, 5.41) is 2.87. The maximum absolute atomic E-state index is 15.1. The van der Waals surface area contributed by atoms with Crippen LogP contribution in [0.3, 0.4) is 0 Å². The molecule has 3 aliphatic rings. The minimum atomic E-state index is -0.931. The number of methoxy groups -OCH3 is 2. The van der Waals surface area contributed by atoms with Crippen LogP contribution in [0, 0.1) is 17.7 Å². The summed E-state index contributed by atoms with van der Waals surface area (Å²) >= 11 is 0. The fraction of sp³-hybridized carbons (Fsp3) is 0.500. The van der Waals surface area contributed by atoms with Gasteiger partial charge in [0, 0.05) is 36.2 Å². The van der Waals surface area contributed by atoms with Crippen LogP contribution in [0.1, 0.15) is 61.5 Å². The molecule has 8 nitrogen and oxygen atoms in total. The van der Waals surface area contributed by atoms with E-state index >= 15 is 4.39 Å². The number of halogens is 1. The number of esters is 1. The smallest absolute Gasteiger partial charge is 0.308 e. The van der Waals surface area contributed by atoms with E-state index in [4.69, 9.17) is 9.47 Å². The summed E-state index contributed by atoms with van der Waals surface area (Å²) in [7, 11) is 2.86. The van der Waals surface area contributed by atoms with Gasteiger partial charge in [-0.25, -0.2) is 9.37 Å². The zero-order valence-electron chi connectivity index (χ0n) is 21.6. The number of hydrogen-bond donors (Lipinski definition) is 1. The van der Waals surface area contributed by atoms with E-state index in [1.165, 1.54) is 20.3 Å². The molecule has 2 amide bonds. The van der Waals surface area contributed by atoms with Gasteiger partial charge in [-0.3, -0.25) is 14.4 Å². The second kappa shape index (κ2) is 9.43. The van der Waals surface area contributed by atoms with Crippen molar-refractivity contribution in [2.45, 2.75) is 57.4 Å². The maximum atomic E-state index is 15.1. The number of aromatic nitrogens is 1. The van der Waals surface area contributed by atoms with Crippen molar-refractivity contribution < 1.29 is 28.2 Å². The van der Waals surface area contributed by atoms with E-state index in [2.05, 4.69) is 10.3 Å². The van der Waals surface area contributed by atoms with E-state index < -0.39 is 11.9 Å². The minimum absolute atomic E-state index is 0.177. The number of ether oxygens (including phenoxy) is 2. The molecule has 0 saturated heterocycles. The topological polar surface area (TPSA) is 97.8 Å². The van der Waals surface area contributed by atoms with Gasteiger partial charge in [-0.2, -0.15) is 0 Å². The number of benzene rings is 1. The summed E-state index contributed by atoms with van der Waals surface area (Å²) in [5.74, 6) is -1.48. The highest BCUT2D eigenvalue weighted by Gasteiger charge is 2.45. The molecule has 9 heteroatoms. The number of fused-ring (bicyclic) bond motifs is 2. The van der Waals surface area contributed by atoms with Crippen LogP contribution in [0.15, 0.2) is 24.3 Å². The highest BCUT2D eigenvalue weighted by molar-refractivity contribution is 5.99. The van der Waals surface area contributed by atoms with Crippen LogP contribution in [-0.4, -0.2) is 48.4 Å². The van der Waals surface area contributed by atoms with Gasteiger partial charge in [0.1, 0.15) is 11.9 Å². The number of aryl methyl sites for hydroxylation is 1. The number of hydrogen-bond acceptors (Lipinski definition) is 6. The molecule has 2 heterocycles. The van der Waals surface area contributed by atoms with E-state index in [1.807, 2.05) is 19.9 Å². The normalized spacial score (nSPS) is 23.4. The third kappa shape index (κ3) is 4.45. The maximum Gasteiger partial charge on any atom is 0.308 e. The van der Waals surface area contributed by atoms with Gasteiger partial charge < -0.3 is 19.7 Å². The van der Waals surface area contributed by atoms with Crippen molar-refractivity contribution in [3.8, 4) is 5.88 Å². The Hall–Kier alpha value is -3.49. The lowest BCUT2D eigenvalue weighted by atomic mass is 9.73. The number of anilines is 1. The van der Waals surface area contributed by atoms with E-state index in [1.54, 1.807) is 17.0 Å². The molecule has 0 bridgehead atoms. The zero-order chi connectivity index (χ0) is 26.5. The average molecular weight is 510 g/mol. The molecule has 1 saturated carbocycles. The highest BCUT2D eigenvalue weighted by Crippen LogP contribution is 2.42. The van der Waals surface area contributed by atoms with Crippen LogP contribution in [0.5, 0.6) is 5.88 Å². The van der Waals surface area contributed by atoms with Gasteiger partial charge in [0.25, 0.3) is 5.91 Å². The van der Waals surface area contributed by atoms with Crippen molar-refractivity contribution in [1.82, 2.24) is 9.88 Å². The SMILES string of the molecule is COC(=O)C1CC(C(=O)N2CCc3nc(OC)ccc3C2C(=O)Nc2cc(F)c3c(c2)CCC3(C)C)C1. The van der Waals surface area contributed by atoms with Gasteiger partial charge in [0.05, 0.1) is 25.8 Å². The third-order valence-corrected chi connectivity index (χ3v) is 8.08. The second-order valence-electron chi connectivity index (χ2n) is 10.8. The summed E-state index contributed by atoms with van der Waals surface area (Å²) in [6.45, 7) is 4.35. The fourth-order valence-corrected chi connectivity index (χ4v) is 5.99. The Labute approximate surface area is 215 Å². The molecule has 2 aliphatic carbocycles. The standard InChI is InChI=1S/C28H32FN3O5/c1-28(2)9-7-15-13-18(14-20(29)23(15)28)30-25(33)24-19-5-6-22(36-3)31-21(19)8-10-32(24)26(34)16-11-17(12-16)27(35)37-4/h5-6,13-14,16-17,24H,7-12H2,1-4H3,(H,30,33). The molecule has 2 aromatic rings. The average Bonchev–Trinajstić information content (AvgIpc) is 3.16. The van der Waals surface area contributed by atoms with E-state index in [0.29, 0.717) is 54.2 Å². The second-order valence-corrected chi connectivity index (χ2v) is 10.8. The summed E-state index contributed by atoms with van der Waals surface area (Å²) in [6, 6.07) is 5.69. The van der Waals surface area contributed by atoms with Gasteiger partial charge in [0.2, 0.25) is 11.8 Å². The summed E-state index contributed by atoms with van der Waals surface area (Å²) < 4.78 is 25.1. The molecule has 0 spiro atoms. The van der Waals surface area contributed by atoms with Crippen molar-refractivity contribution in [1.29, 1.82) is 0 Å². The van der Waals surface area contributed by atoms with Crippen LogP contribution < -0.4 is 10.1 Å². The van der Waals surface area contributed by atoms with Crippen molar-refractivity contribution in [2.75, 3.05) is 26.1 Å². The van der Waals surface area contributed by atoms with E-state index in [-0.39, 0.29) is 34.9 Å². The predicted molar refractivity (Wildman–Crippen MR) is 134 cm³/mol. The molecule has 1 aromatic heterocycles. The first-order chi connectivity index (χ1) is 17.6. The van der Waals surface area contributed by atoms with Crippen molar-refractivity contribution in [2.24, 2.45) is 11.8 Å². The lowest BCUT2D eigenvalue weighted by molar-refractivity contribution is -0.156. The first kappa shape index (κ1) is 25.2. The van der Waals surface area contributed by atoms with Crippen molar-refractivity contribution in [3.63, 3.8) is 0 Å². The summed E-state index contributed by atoms with van der Waals surface area (Å²) in [6.07, 6.45) is 2.85. The van der Waals surface area contributed by atoms with Crippen LogP contribution in [0.25, 0.3) is 0 Å². The van der Waals surface area contributed by atoms with Crippen LogP contribution >= 0.6 is 0 Å². The van der Waals surface area contributed by atoms with Crippen LogP contribution in [-0.2, 0) is 37.4 Å². The molecular weight excluding hydrogens is 477 g/mol. The minimum Gasteiger partial charge on any atom is -0.481 e. The number of amides is 2. The van der Waals surface area contributed by atoms with Gasteiger partial charge in [-0.15, -0.1) is 0 Å². The molecule has 0 radical (unpaired) electrons. The molecule has 1 unspecified atom stereocenters. The molecule has 1 atom stereocenters. The highest BCUT2D eigenvalue weighted by atomic mass is 19.1. The quantitative estimate of drug-likeness (QED) is 0.617. The first-order valence-electron chi connectivity index (χ1n) is 12.7. The monoisotopic (exact) mass is 509 g/mol. The largest absolute Gasteiger partial charge is 0.481 e. The number of rotatable bonds is 5. The Kier molecular flexibility index (Phi) is 6.41. The lowest BCUT2D eigenvalue weighted by Crippen LogP contribution is -2.50. The predicted octanol–water partition coefficient (Wildman–Crippen LogP) is 3.72. The van der Waals surface area contributed by atoms with Gasteiger partial charge in [0.15, 0.2) is 0 Å². The van der Waals surface area contributed by atoms with E-state index in [0.717, 1.165) is 18.4 Å². The number of carbonyl (C=O) groups excluding carboxylic acids is 3. The Morgan fingerprint density at radius 1 is 1.11 bits per heavy atom. The number of nitrogens with zero attached hydrogens (tertiary/aromatic N) is 2. The van der Waals surface area contributed by atoms with Crippen molar-refractivity contribution >= 4 is 23.5 Å². The fourth-order valence-electron chi connectivity index (χ4n) is 5.99. The zero-order valence-corrected chi connectivity index (χ0v) is 21.6. The number of pyridine rings is 1. The molecule has 196 valence electrons. The molecule has 5 rings (SSSR count). The molecule has 37 heavy (non-hydrogen) atoms. The third-order valence-electron chi connectivity index (χ3n) is 8.08. The van der Waals surface area contributed by atoms with Gasteiger partial charge in [-0.05, 0) is 60.4 Å². The molecule has 1 aromatic carbocycles. The van der Waals surface area contributed by atoms with Gasteiger partial charge >= 0.3 is 5.97 Å². The first-order valence-corrected chi connectivity index (χ1v) is 12.7. The Balaban J connectivity index is 1.43. The summed E-state index contributed by atoms with van der Waals surface area (Å²) in [5.41, 5.74) is 3.02. The molecule has 1 fully saturated rings. The Morgan fingerprint density at radius 3 is 2.57 bits per heavy atom. The lowest BCUT2D eigenvalue weighted by Gasteiger charge is -2.41. The number of nitrogens with one attached hydrogen (secondary N) is 1. The molecular formula is C28H32FN3O5. The Morgan fingerprint density at radius 2 is 1.86 bits per heavy atom. The summed E-state index contributed by atoms with van der Waals surface area (Å²) in [4.78, 5) is 45.1. The van der Waals surface area contributed by atoms with E-state index in [9.17, 15) is 14.4 Å². The number of carbonyl (C=O) groups is 3. The molecule has 1 aliphatic heterocycles. The Bertz CT molecular complexity index is 1270. The molecule has 1 N–H and O–H groups in total.